The minimum absolute atomic E-state index is 0.184. The summed E-state index contributed by atoms with van der Waals surface area (Å²) >= 11 is 0. The zero-order valence-corrected chi connectivity index (χ0v) is 13.3. The average molecular weight is 335 g/mol. The highest BCUT2D eigenvalue weighted by atomic mass is 19.2. The third-order valence-electron chi connectivity index (χ3n) is 4.25. The highest BCUT2D eigenvalue weighted by Gasteiger charge is 2.34. The Morgan fingerprint density at radius 3 is 2.88 bits per heavy atom. The summed E-state index contributed by atoms with van der Waals surface area (Å²) in [6, 6.07) is 6.68. The molecular formula is C17H19F2N3O2. The molecule has 3 rings (SSSR count). The Morgan fingerprint density at radius 2 is 2.17 bits per heavy atom. The quantitative estimate of drug-likeness (QED) is 0.903. The molecule has 2 unspecified atom stereocenters. The van der Waals surface area contributed by atoms with E-state index in [-0.39, 0.29) is 24.7 Å². The fourth-order valence-electron chi connectivity index (χ4n) is 3.08. The fraction of sp³-hybridized carbons (Fsp3) is 0.353. The van der Waals surface area contributed by atoms with Crippen molar-refractivity contribution < 1.29 is 18.0 Å². The predicted octanol–water partition coefficient (Wildman–Crippen LogP) is 2.80. The van der Waals surface area contributed by atoms with Crippen molar-refractivity contribution in [2.75, 3.05) is 13.6 Å². The number of carbonyl (C=O) groups excluding carboxylic acids is 1. The highest BCUT2D eigenvalue weighted by molar-refractivity contribution is 5.74. The molecular weight excluding hydrogens is 316 g/mol. The number of urea groups is 1. The van der Waals surface area contributed by atoms with E-state index in [1.54, 1.807) is 24.5 Å². The molecule has 2 N–H and O–H groups in total. The number of nitrogens with zero attached hydrogens (tertiary/aromatic N) is 1. The summed E-state index contributed by atoms with van der Waals surface area (Å²) in [6.07, 6.45) is 2.27. The molecule has 2 aromatic rings. The van der Waals surface area contributed by atoms with E-state index >= 15 is 0 Å². The van der Waals surface area contributed by atoms with Gasteiger partial charge < -0.3 is 15.1 Å². The molecule has 0 saturated carbocycles. The van der Waals surface area contributed by atoms with E-state index in [1.165, 1.54) is 6.07 Å². The average Bonchev–Trinajstić information content (AvgIpc) is 3.18. The number of benzene rings is 1. The maximum absolute atomic E-state index is 13.5. The second kappa shape index (κ2) is 7.00. The molecule has 1 aliphatic heterocycles. The monoisotopic (exact) mass is 335 g/mol. The van der Waals surface area contributed by atoms with Crippen LogP contribution in [0.25, 0.3) is 0 Å². The van der Waals surface area contributed by atoms with Crippen LogP contribution < -0.4 is 10.6 Å². The van der Waals surface area contributed by atoms with Gasteiger partial charge in [0.1, 0.15) is 5.76 Å². The van der Waals surface area contributed by atoms with Crippen LogP contribution in [-0.4, -0.2) is 30.6 Å². The Bertz CT molecular complexity index is 706. The number of nitrogens with one attached hydrogen (secondary N) is 2. The van der Waals surface area contributed by atoms with Crippen molar-refractivity contribution in [1.82, 2.24) is 15.5 Å². The van der Waals surface area contributed by atoms with E-state index in [2.05, 4.69) is 10.6 Å². The molecule has 24 heavy (non-hydrogen) atoms. The minimum Gasteiger partial charge on any atom is -0.467 e. The zero-order valence-electron chi connectivity index (χ0n) is 13.3. The normalized spacial score (nSPS) is 21.0. The first-order chi connectivity index (χ1) is 11.5. The van der Waals surface area contributed by atoms with Crippen LogP contribution in [0.3, 0.4) is 0 Å². The van der Waals surface area contributed by atoms with Gasteiger partial charge in [0, 0.05) is 6.54 Å². The van der Waals surface area contributed by atoms with E-state index in [0.717, 1.165) is 19.0 Å². The van der Waals surface area contributed by atoms with Gasteiger partial charge in [0.2, 0.25) is 0 Å². The lowest BCUT2D eigenvalue weighted by Gasteiger charge is -2.26. The van der Waals surface area contributed by atoms with Gasteiger partial charge in [-0.05, 0) is 43.3 Å². The molecule has 2 heterocycles. The second-order valence-corrected chi connectivity index (χ2v) is 5.90. The van der Waals surface area contributed by atoms with Crippen molar-refractivity contribution in [3.05, 3.63) is 59.6 Å². The van der Waals surface area contributed by atoms with Gasteiger partial charge in [-0.1, -0.05) is 6.07 Å². The smallest absolute Gasteiger partial charge is 0.315 e. The zero-order chi connectivity index (χ0) is 17.1. The SMILES string of the molecule is CN1CCC(NC(=O)NCc2ccco2)C1c1ccc(F)c(F)c1. The lowest BCUT2D eigenvalue weighted by atomic mass is 10.00. The van der Waals surface area contributed by atoms with Gasteiger partial charge in [-0.3, -0.25) is 4.90 Å². The standard InChI is InChI=1S/C17H19F2N3O2/c1-22-7-6-15(16(22)11-4-5-13(18)14(19)9-11)21-17(23)20-10-12-3-2-8-24-12/h2-5,8-9,15-16H,6-7,10H2,1H3,(H2,20,21,23). The molecule has 0 radical (unpaired) electrons. The number of likely N-dealkylation sites (tertiary alicyclic amines) is 1. The van der Waals surface area contributed by atoms with Crippen LogP contribution in [0.5, 0.6) is 0 Å². The fourth-order valence-corrected chi connectivity index (χ4v) is 3.08. The number of amides is 2. The van der Waals surface area contributed by atoms with Crippen molar-refractivity contribution in [1.29, 1.82) is 0 Å². The number of hydrogen-bond donors (Lipinski definition) is 2. The molecule has 0 spiro atoms. The molecule has 0 aliphatic carbocycles. The second-order valence-electron chi connectivity index (χ2n) is 5.90. The summed E-state index contributed by atoms with van der Waals surface area (Å²) in [5.41, 5.74) is 0.644. The van der Waals surface area contributed by atoms with Gasteiger partial charge >= 0.3 is 6.03 Å². The predicted molar refractivity (Wildman–Crippen MR) is 84.2 cm³/mol. The summed E-state index contributed by atoms with van der Waals surface area (Å²) in [7, 11) is 1.90. The lowest BCUT2D eigenvalue weighted by molar-refractivity contribution is 0.228. The largest absolute Gasteiger partial charge is 0.467 e. The molecule has 7 heteroatoms. The van der Waals surface area contributed by atoms with Gasteiger partial charge in [-0.2, -0.15) is 0 Å². The van der Waals surface area contributed by atoms with Crippen LogP contribution in [0.1, 0.15) is 23.8 Å². The molecule has 1 aliphatic rings. The molecule has 1 aromatic heterocycles. The van der Waals surface area contributed by atoms with Crippen molar-refractivity contribution in [2.45, 2.75) is 25.0 Å². The van der Waals surface area contributed by atoms with Crippen LogP contribution in [0.2, 0.25) is 0 Å². The first-order valence-corrected chi connectivity index (χ1v) is 7.76. The lowest BCUT2D eigenvalue weighted by Crippen LogP contribution is -2.44. The van der Waals surface area contributed by atoms with E-state index in [0.29, 0.717) is 11.3 Å². The minimum atomic E-state index is -0.881. The van der Waals surface area contributed by atoms with Crippen LogP contribution in [-0.2, 0) is 6.54 Å². The highest BCUT2D eigenvalue weighted by Crippen LogP contribution is 2.31. The van der Waals surface area contributed by atoms with Gasteiger partial charge in [0.15, 0.2) is 11.6 Å². The summed E-state index contributed by atoms with van der Waals surface area (Å²) in [5, 5.41) is 5.63. The molecule has 1 saturated heterocycles. The van der Waals surface area contributed by atoms with Crippen molar-refractivity contribution in [3.63, 3.8) is 0 Å². The maximum Gasteiger partial charge on any atom is 0.315 e. The Balaban J connectivity index is 1.65. The summed E-state index contributed by atoms with van der Waals surface area (Å²) < 4.78 is 31.8. The van der Waals surface area contributed by atoms with Crippen LogP contribution in [0.15, 0.2) is 41.0 Å². The van der Waals surface area contributed by atoms with Crippen LogP contribution >= 0.6 is 0 Å². The maximum atomic E-state index is 13.5. The first-order valence-electron chi connectivity index (χ1n) is 7.76. The number of hydrogen-bond acceptors (Lipinski definition) is 3. The number of carbonyl (C=O) groups is 1. The van der Waals surface area contributed by atoms with E-state index < -0.39 is 11.6 Å². The third-order valence-corrected chi connectivity index (χ3v) is 4.25. The summed E-state index contributed by atoms with van der Waals surface area (Å²) in [6.45, 7) is 1.05. The summed E-state index contributed by atoms with van der Waals surface area (Å²) in [5.74, 6) is -1.10. The molecule has 128 valence electrons. The Kier molecular flexibility index (Phi) is 4.80. The molecule has 2 atom stereocenters. The van der Waals surface area contributed by atoms with E-state index in [4.69, 9.17) is 4.42 Å². The molecule has 1 aromatic carbocycles. The Hall–Kier alpha value is -2.41. The summed E-state index contributed by atoms with van der Waals surface area (Å²) in [4.78, 5) is 14.1. The van der Waals surface area contributed by atoms with Crippen molar-refractivity contribution in [3.8, 4) is 0 Å². The van der Waals surface area contributed by atoms with E-state index in [9.17, 15) is 13.6 Å². The van der Waals surface area contributed by atoms with Crippen LogP contribution in [0, 0.1) is 11.6 Å². The Labute approximate surface area is 138 Å². The Morgan fingerprint density at radius 1 is 1.33 bits per heavy atom. The van der Waals surface area contributed by atoms with Crippen molar-refractivity contribution in [2.24, 2.45) is 0 Å². The number of rotatable bonds is 4. The molecule has 1 fully saturated rings. The number of furan rings is 1. The number of likely N-dealkylation sites (N-methyl/N-ethyl adjacent to an activating group) is 1. The molecule has 5 nitrogen and oxygen atoms in total. The number of halogens is 2. The van der Waals surface area contributed by atoms with Crippen LogP contribution in [0.4, 0.5) is 13.6 Å². The third kappa shape index (κ3) is 3.56. The van der Waals surface area contributed by atoms with Gasteiger partial charge in [0.25, 0.3) is 0 Å². The topological polar surface area (TPSA) is 57.5 Å². The first kappa shape index (κ1) is 16.4. The van der Waals surface area contributed by atoms with Gasteiger partial charge in [0.05, 0.1) is 24.9 Å². The van der Waals surface area contributed by atoms with Crippen molar-refractivity contribution >= 4 is 6.03 Å². The van der Waals surface area contributed by atoms with E-state index in [1.807, 2.05) is 11.9 Å². The molecule has 0 bridgehead atoms. The van der Waals surface area contributed by atoms with Gasteiger partial charge in [-0.25, -0.2) is 13.6 Å². The van der Waals surface area contributed by atoms with Gasteiger partial charge in [-0.15, -0.1) is 0 Å². The molecule has 2 amide bonds.